The van der Waals surface area contributed by atoms with Crippen LogP contribution in [0.5, 0.6) is 11.5 Å². The van der Waals surface area contributed by atoms with E-state index in [2.05, 4.69) is 23.3 Å². The lowest BCUT2D eigenvalue weighted by Crippen LogP contribution is -2.16. The number of aryl methyl sites for hydroxylation is 1. The summed E-state index contributed by atoms with van der Waals surface area (Å²) in [5.41, 5.74) is 3.38. The van der Waals surface area contributed by atoms with Crippen LogP contribution in [-0.2, 0) is 17.6 Å². The molecule has 1 N–H and O–H groups in total. The Balaban J connectivity index is 1.67. The molecule has 0 aliphatic heterocycles. The van der Waals surface area contributed by atoms with Gasteiger partial charge in [-0.1, -0.05) is 18.7 Å². The highest BCUT2D eigenvalue weighted by Gasteiger charge is 2.20. The lowest BCUT2D eigenvalue weighted by Gasteiger charge is -2.21. The van der Waals surface area contributed by atoms with Crippen molar-refractivity contribution in [3.63, 3.8) is 0 Å². The second-order valence-electron chi connectivity index (χ2n) is 6.81. The highest BCUT2D eigenvalue weighted by molar-refractivity contribution is 8.00. The first-order valence-corrected chi connectivity index (χ1v) is 10.1. The van der Waals surface area contributed by atoms with Gasteiger partial charge in [0.2, 0.25) is 5.91 Å². The first kappa shape index (κ1) is 20.0. The fraction of sp³-hybridized carbons (Fsp3) is 0.381. The van der Waals surface area contributed by atoms with Gasteiger partial charge in [0.25, 0.3) is 0 Å². The number of fused-ring (bicyclic) bond motifs is 1. The predicted octanol–water partition coefficient (Wildman–Crippen LogP) is 3.83. The Bertz CT molecular complexity index is 924. The van der Waals surface area contributed by atoms with Gasteiger partial charge >= 0.3 is 0 Å². The van der Waals surface area contributed by atoms with E-state index < -0.39 is 0 Å². The Morgan fingerprint density at radius 2 is 2.11 bits per heavy atom. The highest BCUT2D eigenvalue weighted by Crippen LogP contribution is 2.31. The van der Waals surface area contributed by atoms with Crippen LogP contribution in [0, 0.1) is 17.2 Å². The molecule has 1 aliphatic carbocycles. The number of hydrogen-bond donors (Lipinski definition) is 1. The van der Waals surface area contributed by atoms with Crippen LogP contribution in [0.3, 0.4) is 0 Å². The topological polar surface area (TPSA) is 84.2 Å². The number of methoxy groups -OCH3 is 2. The fourth-order valence-electron chi connectivity index (χ4n) is 3.26. The van der Waals surface area contributed by atoms with E-state index in [0.717, 1.165) is 30.5 Å². The van der Waals surface area contributed by atoms with Gasteiger partial charge in [-0.25, -0.2) is 4.98 Å². The van der Waals surface area contributed by atoms with E-state index >= 15 is 0 Å². The zero-order chi connectivity index (χ0) is 20.1. The number of amides is 1. The van der Waals surface area contributed by atoms with E-state index in [4.69, 9.17) is 9.47 Å². The lowest BCUT2D eigenvalue weighted by molar-refractivity contribution is -0.113. The number of nitriles is 1. The molecule has 0 fully saturated rings. The Labute approximate surface area is 169 Å². The number of nitrogens with zero attached hydrogens (tertiary/aromatic N) is 2. The number of thioether (sulfide) groups is 1. The molecule has 6 nitrogen and oxygen atoms in total. The van der Waals surface area contributed by atoms with E-state index in [1.165, 1.54) is 11.8 Å². The molecule has 1 heterocycles. The number of nitrogens with one attached hydrogen (secondary N) is 1. The molecule has 28 heavy (non-hydrogen) atoms. The number of pyridine rings is 1. The van der Waals surface area contributed by atoms with Crippen molar-refractivity contribution in [1.29, 1.82) is 5.26 Å². The van der Waals surface area contributed by atoms with Crippen LogP contribution in [0.4, 0.5) is 5.69 Å². The number of anilines is 1. The molecule has 1 aliphatic rings. The third-order valence-electron chi connectivity index (χ3n) is 4.73. The molecule has 1 unspecified atom stereocenters. The minimum atomic E-state index is -0.172. The molecule has 1 atom stereocenters. The Morgan fingerprint density at radius 1 is 1.32 bits per heavy atom. The maximum atomic E-state index is 12.4. The highest BCUT2D eigenvalue weighted by atomic mass is 32.2. The van der Waals surface area contributed by atoms with Gasteiger partial charge in [0.05, 0.1) is 25.5 Å². The number of carbonyl (C=O) groups is 1. The lowest BCUT2D eigenvalue weighted by atomic mass is 9.87. The molecule has 146 valence electrons. The molecule has 1 aromatic heterocycles. The van der Waals surface area contributed by atoms with Crippen LogP contribution in [0.1, 0.15) is 30.2 Å². The summed E-state index contributed by atoms with van der Waals surface area (Å²) >= 11 is 1.29. The van der Waals surface area contributed by atoms with Gasteiger partial charge in [0.1, 0.15) is 11.1 Å². The molecule has 3 rings (SSSR count). The number of hydrogen-bond acceptors (Lipinski definition) is 6. The molecule has 7 heteroatoms. The van der Waals surface area contributed by atoms with Gasteiger partial charge in [-0.15, -0.1) is 0 Å². The van der Waals surface area contributed by atoms with E-state index in [0.29, 0.717) is 33.7 Å². The van der Waals surface area contributed by atoms with Crippen LogP contribution in [0.15, 0.2) is 29.3 Å². The number of ether oxygens (including phenoxy) is 2. The smallest absolute Gasteiger partial charge is 0.234 e. The summed E-state index contributed by atoms with van der Waals surface area (Å²) in [6, 6.07) is 9.35. The summed E-state index contributed by atoms with van der Waals surface area (Å²) in [7, 11) is 3.11. The van der Waals surface area contributed by atoms with Crippen molar-refractivity contribution in [3.8, 4) is 17.6 Å². The van der Waals surface area contributed by atoms with Gasteiger partial charge in [-0.05, 0) is 48.9 Å². The van der Waals surface area contributed by atoms with Gasteiger partial charge in [-0.2, -0.15) is 5.26 Å². The summed E-state index contributed by atoms with van der Waals surface area (Å²) < 4.78 is 10.4. The number of carbonyl (C=O) groups excluding carboxylic acids is 1. The predicted molar refractivity (Wildman–Crippen MR) is 109 cm³/mol. The standard InChI is InChI=1S/C21H23N3O3S/c1-13-4-6-17-14(8-13)9-15(11-22)21(24-17)28-12-20(25)23-16-5-7-18(26-2)19(10-16)27-3/h5,7,9-10,13H,4,6,8,12H2,1-3H3,(H,23,25). The van der Waals surface area contributed by atoms with E-state index in [-0.39, 0.29) is 11.7 Å². The van der Waals surface area contributed by atoms with E-state index in [1.54, 1.807) is 32.4 Å². The summed E-state index contributed by atoms with van der Waals surface area (Å²) in [5.74, 6) is 1.76. The molecule has 2 aromatic rings. The number of rotatable bonds is 6. The van der Waals surface area contributed by atoms with Crippen LogP contribution < -0.4 is 14.8 Å². The zero-order valence-corrected chi connectivity index (χ0v) is 17.1. The van der Waals surface area contributed by atoms with Crippen LogP contribution >= 0.6 is 11.8 Å². The molecular weight excluding hydrogens is 374 g/mol. The van der Waals surface area contributed by atoms with Crippen molar-refractivity contribution >= 4 is 23.4 Å². The third kappa shape index (κ3) is 4.57. The Morgan fingerprint density at radius 3 is 2.82 bits per heavy atom. The first-order valence-electron chi connectivity index (χ1n) is 9.11. The largest absolute Gasteiger partial charge is 0.493 e. The summed E-state index contributed by atoms with van der Waals surface area (Å²) in [6.45, 7) is 2.22. The maximum Gasteiger partial charge on any atom is 0.234 e. The van der Waals surface area contributed by atoms with Crippen molar-refractivity contribution in [2.24, 2.45) is 5.92 Å². The van der Waals surface area contributed by atoms with Crippen LogP contribution in [0.2, 0.25) is 0 Å². The maximum absolute atomic E-state index is 12.4. The van der Waals surface area contributed by atoms with Crippen molar-refractivity contribution in [3.05, 3.63) is 41.1 Å². The average molecular weight is 398 g/mol. The molecule has 1 amide bonds. The van der Waals surface area contributed by atoms with Gasteiger partial charge in [-0.3, -0.25) is 4.79 Å². The fourth-order valence-corrected chi connectivity index (χ4v) is 4.04. The molecule has 0 saturated carbocycles. The van der Waals surface area contributed by atoms with Gasteiger partial charge < -0.3 is 14.8 Å². The molecule has 0 radical (unpaired) electrons. The summed E-state index contributed by atoms with van der Waals surface area (Å²) in [5, 5.41) is 12.9. The Hall–Kier alpha value is -2.72. The van der Waals surface area contributed by atoms with Crippen molar-refractivity contribution in [2.45, 2.75) is 31.2 Å². The van der Waals surface area contributed by atoms with E-state index in [9.17, 15) is 10.1 Å². The van der Waals surface area contributed by atoms with Crippen LogP contribution in [0.25, 0.3) is 0 Å². The minimum Gasteiger partial charge on any atom is -0.493 e. The molecule has 0 saturated heterocycles. The monoisotopic (exact) mass is 397 g/mol. The van der Waals surface area contributed by atoms with Gasteiger partial charge in [0, 0.05) is 17.4 Å². The SMILES string of the molecule is COc1ccc(NC(=O)CSc2nc3c(cc2C#N)CC(C)CC3)cc1OC. The van der Waals surface area contributed by atoms with Crippen molar-refractivity contribution in [2.75, 3.05) is 25.3 Å². The third-order valence-corrected chi connectivity index (χ3v) is 5.72. The van der Waals surface area contributed by atoms with Gasteiger partial charge in [0.15, 0.2) is 11.5 Å². The van der Waals surface area contributed by atoms with Crippen molar-refractivity contribution in [1.82, 2.24) is 4.98 Å². The molecule has 0 spiro atoms. The number of aromatic nitrogens is 1. The second-order valence-corrected chi connectivity index (χ2v) is 7.78. The average Bonchev–Trinajstić information content (AvgIpc) is 2.71. The normalized spacial score (nSPS) is 15.3. The van der Waals surface area contributed by atoms with Crippen molar-refractivity contribution < 1.29 is 14.3 Å². The second kappa shape index (κ2) is 8.98. The minimum absolute atomic E-state index is 0.172. The molecule has 1 aromatic carbocycles. The Kier molecular flexibility index (Phi) is 6.42. The summed E-state index contributed by atoms with van der Waals surface area (Å²) in [4.78, 5) is 17.0. The number of benzene rings is 1. The first-order chi connectivity index (χ1) is 13.5. The molecule has 0 bridgehead atoms. The van der Waals surface area contributed by atoms with E-state index in [1.807, 2.05) is 6.07 Å². The summed E-state index contributed by atoms with van der Waals surface area (Å²) in [6.07, 6.45) is 2.99. The van der Waals surface area contributed by atoms with Crippen LogP contribution in [-0.4, -0.2) is 30.9 Å². The molecular formula is C21H23N3O3S. The zero-order valence-electron chi connectivity index (χ0n) is 16.2. The quantitative estimate of drug-likeness (QED) is 0.746.